The SMILES string of the molecule is COc1ccc(-c2noc(C(N)=O)n2)cc1. The molecule has 0 fully saturated rings. The quantitative estimate of drug-likeness (QED) is 0.825. The molecule has 0 aliphatic heterocycles. The molecule has 2 rings (SSSR count). The minimum atomic E-state index is -0.743. The molecule has 0 bridgehead atoms. The van der Waals surface area contributed by atoms with Crippen LogP contribution in [0.2, 0.25) is 0 Å². The summed E-state index contributed by atoms with van der Waals surface area (Å²) in [4.78, 5) is 14.6. The Morgan fingerprint density at radius 3 is 2.56 bits per heavy atom. The number of nitrogens with zero attached hydrogens (tertiary/aromatic N) is 2. The van der Waals surface area contributed by atoms with Gasteiger partial charge in [-0.2, -0.15) is 4.98 Å². The zero-order valence-corrected chi connectivity index (χ0v) is 8.51. The molecule has 16 heavy (non-hydrogen) atoms. The standard InChI is InChI=1S/C10H9N3O3/c1-15-7-4-2-6(3-5-7)9-12-10(8(11)14)16-13-9/h2-5H,1H3,(H2,11,14). The Morgan fingerprint density at radius 2 is 2.06 bits per heavy atom. The van der Waals surface area contributed by atoms with Gasteiger partial charge in [0.25, 0.3) is 0 Å². The summed E-state index contributed by atoms with van der Waals surface area (Å²) in [6, 6.07) is 7.04. The third kappa shape index (κ3) is 1.85. The number of hydrogen-bond donors (Lipinski definition) is 1. The summed E-state index contributed by atoms with van der Waals surface area (Å²) in [6.07, 6.45) is 0. The number of primary amides is 1. The average molecular weight is 219 g/mol. The molecule has 1 aromatic heterocycles. The topological polar surface area (TPSA) is 91.2 Å². The van der Waals surface area contributed by atoms with Gasteiger partial charge in [-0.1, -0.05) is 5.16 Å². The number of carbonyl (C=O) groups is 1. The second kappa shape index (κ2) is 4.01. The smallest absolute Gasteiger partial charge is 0.316 e. The largest absolute Gasteiger partial charge is 0.497 e. The number of ether oxygens (including phenoxy) is 1. The van der Waals surface area contributed by atoms with E-state index < -0.39 is 5.91 Å². The highest BCUT2D eigenvalue weighted by atomic mass is 16.5. The normalized spacial score (nSPS) is 10.1. The van der Waals surface area contributed by atoms with Crippen LogP contribution in [-0.2, 0) is 0 Å². The number of aromatic nitrogens is 2. The summed E-state index contributed by atoms with van der Waals surface area (Å²) in [6.45, 7) is 0. The molecule has 0 atom stereocenters. The van der Waals surface area contributed by atoms with Crippen LogP contribution in [0.5, 0.6) is 5.75 Å². The zero-order valence-electron chi connectivity index (χ0n) is 8.51. The molecule has 0 unspecified atom stereocenters. The van der Waals surface area contributed by atoms with Crippen molar-refractivity contribution in [2.75, 3.05) is 7.11 Å². The molecule has 2 N–H and O–H groups in total. The Labute approximate surface area is 91.0 Å². The maximum atomic E-state index is 10.8. The van der Waals surface area contributed by atoms with Gasteiger partial charge in [0.2, 0.25) is 5.82 Å². The van der Waals surface area contributed by atoms with Crippen LogP contribution in [0, 0.1) is 0 Å². The van der Waals surface area contributed by atoms with Gasteiger partial charge in [-0.3, -0.25) is 4.79 Å². The van der Waals surface area contributed by atoms with Gasteiger partial charge in [0.15, 0.2) is 0 Å². The second-order valence-electron chi connectivity index (χ2n) is 3.02. The molecule has 0 saturated heterocycles. The predicted molar refractivity (Wildman–Crippen MR) is 54.8 cm³/mol. The fourth-order valence-corrected chi connectivity index (χ4v) is 1.18. The van der Waals surface area contributed by atoms with E-state index in [0.717, 1.165) is 11.3 Å². The van der Waals surface area contributed by atoms with E-state index in [-0.39, 0.29) is 5.89 Å². The lowest BCUT2D eigenvalue weighted by atomic mass is 10.2. The minimum Gasteiger partial charge on any atom is -0.497 e. The molecule has 0 aliphatic rings. The number of amides is 1. The molecule has 6 nitrogen and oxygen atoms in total. The van der Waals surface area contributed by atoms with Crippen molar-refractivity contribution in [1.29, 1.82) is 0 Å². The first-order valence-electron chi connectivity index (χ1n) is 4.48. The van der Waals surface area contributed by atoms with Crippen LogP contribution in [0.3, 0.4) is 0 Å². The highest BCUT2D eigenvalue weighted by Crippen LogP contribution is 2.19. The van der Waals surface area contributed by atoms with Gasteiger partial charge in [0.1, 0.15) is 5.75 Å². The van der Waals surface area contributed by atoms with Crippen molar-refractivity contribution in [1.82, 2.24) is 10.1 Å². The first-order valence-corrected chi connectivity index (χ1v) is 4.48. The molecule has 82 valence electrons. The average Bonchev–Trinajstić information content (AvgIpc) is 2.78. The summed E-state index contributed by atoms with van der Waals surface area (Å²) in [7, 11) is 1.58. The van der Waals surface area contributed by atoms with Crippen molar-refractivity contribution in [3.63, 3.8) is 0 Å². The molecular formula is C10H9N3O3. The Kier molecular flexibility index (Phi) is 2.55. The fourth-order valence-electron chi connectivity index (χ4n) is 1.18. The van der Waals surface area contributed by atoms with Crippen LogP contribution in [0.15, 0.2) is 28.8 Å². The molecule has 1 heterocycles. The Morgan fingerprint density at radius 1 is 1.38 bits per heavy atom. The van der Waals surface area contributed by atoms with Crippen molar-refractivity contribution >= 4 is 5.91 Å². The third-order valence-corrected chi connectivity index (χ3v) is 1.99. The summed E-state index contributed by atoms with van der Waals surface area (Å²) in [5.41, 5.74) is 5.72. The highest BCUT2D eigenvalue weighted by Gasteiger charge is 2.12. The highest BCUT2D eigenvalue weighted by molar-refractivity contribution is 5.88. The monoisotopic (exact) mass is 219 g/mol. The predicted octanol–water partition coefficient (Wildman–Crippen LogP) is 0.844. The maximum Gasteiger partial charge on any atom is 0.316 e. The van der Waals surface area contributed by atoms with E-state index in [1.54, 1.807) is 31.4 Å². The van der Waals surface area contributed by atoms with Crippen molar-refractivity contribution in [3.05, 3.63) is 30.2 Å². The third-order valence-electron chi connectivity index (χ3n) is 1.99. The van der Waals surface area contributed by atoms with Crippen molar-refractivity contribution < 1.29 is 14.1 Å². The van der Waals surface area contributed by atoms with Gasteiger partial charge in [-0.25, -0.2) is 0 Å². The lowest BCUT2D eigenvalue weighted by molar-refractivity contribution is 0.0958. The summed E-state index contributed by atoms with van der Waals surface area (Å²) >= 11 is 0. The maximum absolute atomic E-state index is 10.8. The van der Waals surface area contributed by atoms with Crippen molar-refractivity contribution in [2.24, 2.45) is 5.73 Å². The zero-order chi connectivity index (χ0) is 11.5. The van der Waals surface area contributed by atoms with Gasteiger partial charge >= 0.3 is 11.8 Å². The Balaban J connectivity index is 2.31. The number of rotatable bonds is 3. The second-order valence-corrected chi connectivity index (χ2v) is 3.02. The molecular weight excluding hydrogens is 210 g/mol. The number of carbonyl (C=O) groups excluding carboxylic acids is 1. The van der Waals surface area contributed by atoms with E-state index >= 15 is 0 Å². The fraction of sp³-hybridized carbons (Fsp3) is 0.100. The molecule has 6 heteroatoms. The number of methoxy groups -OCH3 is 1. The number of nitrogens with two attached hydrogens (primary N) is 1. The first kappa shape index (κ1) is 10.2. The van der Waals surface area contributed by atoms with Gasteiger partial charge < -0.3 is 15.0 Å². The van der Waals surface area contributed by atoms with E-state index in [1.165, 1.54) is 0 Å². The summed E-state index contributed by atoms with van der Waals surface area (Å²) < 4.78 is 9.68. The molecule has 0 spiro atoms. The molecule has 0 radical (unpaired) electrons. The van der Waals surface area contributed by atoms with E-state index in [0.29, 0.717) is 5.82 Å². The Hall–Kier alpha value is -2.37. The van der Waals surface area contributed by atoms with Gasteiger partial charge in [0.05, 0.1) is 7.11 Å². The van der Waals surface area contributed by atoms with Crippen LogP contribution in [0.1, 0.15) is 10.7 Å². The summed E-state index contributed by atoms with van der Waals surface area (Å²) in [5, 5.41) is 3.64. The molecule has 0 aliphatic carbocycles. The van der Waals surface area contributed by atoms with Crippen LogP contribution in [0.25, 0.3) is 11.4 Å². The van der Waals surface area contributed by atoms with Crippen LogP contribution in [0.4, 0.5) is 0 Å². The molecule has 2 aromatic rings. The van der Waals surface area contributed by atoms with E-state index in [1.807, 2.05) is 0 Å². The molecule has 1 amide bonds. The summed E-state index contributed by atoms with van der Waals surface area (Å²) in [5.74, 6) is 0.0944. The Bertz CT molecular complexity index is 504. The lowest BCUT2D eigenvalue weighted by Gasteiger charge is -1.98. The van der Waals surface area contributed by atoms with Gasteiger partial charge in [-0.05, 0) is 24.3 Å². The van der Waals surface area contributed by atoms with Crippen molar-refractivity contribution in [2.45, 2.75) is 0 Å². The van der Waals surface area contributed by atoms with Gasteiger partial charge in [-0.15, -0.1) is 0 Å². The number of benzene rings is 1. The van der Waals surface area contributed by atoms with Crippen LogP contribution < -0.4 is 10.5 Å². The minimum absolute atomic E-state index is 0.203. The number of hydrogen-bond acceptors (Lipinski definition) is 5. The van der Waals surface area contributed by atoms with E-state index in [2.05, 4.69) is 14.7 Å². The first-order chi connectivity index (χ1) is 7.70. The van der Waals surface area contributed by atoms with E-state index in [9.17, 15) is 4.79 Å². The molecule has 0 saturated carbocycles. The van der Waals surface area contributed by atoms with Gasteiger partial charge in [0, 0.05) is 5.56 Å². The van der Waals surface area contributed by atoms with E-state index in [4.69, 9.17) is 10.5 Å². The molecule has 1 aromatic carbocycles. The van der Waals surface area contributed by atoms with Crippen LogP contribution in [-0.4, -0.2) is 23.2 Å². The van der Waals surface area contributed by atoms with Crippen LogP contribution >= 0.6 is 0 Å². The van der Waals surface area contributed by atoms with Crippen molar-refractivity contribution in [3.8, 4) is 17.1 Å². The lowest BCUT2D eigenvalue weighted by Crippen LogP contribution is -2.10.